The number of ether oxygens (including phenoxy) is 3. The molecule has 0 radical (unpaired) electrons. The number of carbonyl (C=O) groups is 1. The predicted molar refractivity (Wildman–Crippen MR) is 97.5 cm³/mol. The van der Waals surface area contributed by atoms with Gasteiger partial charge in [-0.3, -0.25) is 4.79 Å². The zero-order valence-electron chi connectivity index (χ0n) is 14.1. The van der Waals surface area contributed by atoms with Gasteiger partial charge < -0.3 is 19.5 Å². The molecule has 1 heterocycles. The van der Waals surface area contributed by atoms with Crippen LogP contribution in [0.25, 0.3) is 6.08 Å². The van der Waals surface area contributed by atoms with Crippen molar-refractivity contribution in [3.63, 3.8) is 0 Å². The van der Waals surface area contributed by atoms with Crippen LogP contribution in [-0.2, 0) is 4.79 Å². The van der Waals surface area contributed by atoms with Crippen LogP contribution < -0.4 is 19.5 Å². The first-order valence-corrected chi connectivity index (χ1v) is 8.07. The van der Waals surface area contributed by atoms with Crippen LogP contribution in [-0.4, -0.2) is 19.8 Å². The second-order valence-corrected chi connectivity index (χ2v) is 5.89. The number of rotatable bonds is 4. The molecule has 0 unspecified atom stereocenters. The third-order valence-corrected chi connectivity index (χ3v) is 4.32. The van der Waals surface area contributed by atoms with Crippen molar-refractivity contribution in [3.8, 4) is 23.3 Å². The molecule has 2 aromatic rings. The Kier molecular flexibility index (Phi) is 5.01. The number of nitriles is 1. The number of hydrogen-bond donors (Lipinski definition) is 1. The minimum Gasteiger partial charge on any atom is -0.496 e. The maximum absolute atomic E-state index is 12.5. The van der Waals surface area contributed by atoms with Gasteiger partial charge in [-0.2, -0.15) is 5.26 Å². The van der Waals surface area contributed by atoms with Crippen LogP contribution in [0.3, 0.4) is 0 Å². The molecule has 1 aliphatic heterocycles. The van der Waals surface area contributed by atoms with Crippen molar-refractivity contribution < 1.29 is 19.0 Å². The normalized spacial score (nSPS) is 12.5. The fourth-order valence-corrected chi connectivity index (χ4v) is 2.64. The van der Waals surface area contributed by atoms with Gasteiger partial charge in [-0.05, 0) is 36.8 Å². The minimum absolute atomic E-state index is 0.0819. The number of benzene rings is 2. The van der Waals surface area contributed by atoms with E-state index in [1.807, 2.05) is 6.07 Å². The summed E-state index contributed by atoms with van der Waals surface area (Å²) in [5, 5.41) is 12.6. The van der Waals surface area contributed by atoms with Crippen molar-refractivity contribution in [2.75, 3.05) is 19.2 Å². The topological polar surface area (TPSA) is 80.6 Å². The van der Waals surface area contributed by atoms with E-state index in [0.717, 1.165) is 5.56 Å². The molecule has 26 heavy (non-hydrogen) atoms. The summed E-state index contributed by atoms with van der Waals surface area (Å²) in [6, 6.07) is 10.4. The highest BCUT2D eigenvalue weighted by Crippen LogP contribution is 2.39. The number of amides is 1. The zero-order valence-corrected chi connectivity index (χ0v) is 14.9. The lowest BCUT2D eigenvalue weighted by Gasteiger charge is -2.10. The molecular formula is C19H15ClN2O4. The average molecular weight is 371 g/mol. The summed E-state index contributed by atoms with van der Waals surface area (Å²) in [4.78, 5) is 12.5. The molecule has 1 aliphatic rings. The van der Waals surface area contributed by atoms with Crippen molar-refractivity contribution in [3.05, 3.63) is 52.1 Å². The van der Waals surface area contributed by atoms with Gasteiger partial charge in [-0.1, -0.05) is 17.7 Å². The molecule has 1 amide bonds. The smallest absolute Gasteiger partial charge is 0.266 e. The van der Waals surface area contributed by atoms with E-state index < -0.39 is 5.91 Å². The Morgan fingerprint density at radius 2 is 2.08 bits per heavy atom. The van der Waals surface area contributed by atoms with E-state index in [9.17, 15) is 10.1 Å². The number of carbonyl (C=O) groups excluding carboxylic acids is 1. The fourth-order valence-electron chi connectivity index (χ4n) is 2.47. The van der Waals surface area contributed by atoms with Gasteiger partial charge in [0, 0.05) is 22.3 Å². The van der Waals surface area contributed by atoms with Crippen LogP contribution in [0.4, 0.5) is 5.69 Å². The van der Waals surface area contributed by atoms with E-state index >= 15 is 0 Å². The number of nitrogens with zero attached hydrogens (tertiary/aromatic N) is 1. The third-order valence-electron chi connectivity index (χ3n) is 3.91. The Balaban J connectivity index is 1.92. The van der Waals surface area contributed by atoms with Gasteiger partial charge in [0.05, 0.1) is 7.11 Å². The standard InChI is InChI=1S/C19H15ClN2O4/c1-11-14(20)4-3-5-15(11)22-19(23)13(9-21)6-12-7-17-18(26-10-25-17)8-16(12)24-2/h3-8H,10H2,1-2H3,(H,22,23)/b13-6+. The summed E-state index contributed by atoms with van der Waals surface area (Å²) < 4.78 is 15.9. The Hall–Kier alpha value is -3.17. The van der Waals surface area contributed by atoms with Gasteiger partial charge in [-0.15, -0.1) is 0 Å². The Bertz CT molecular complexity index is 947. The summed E-state index contributed by atoms with van der Waals surface area (Å²) >= 11 is 6.06. The Morgan fingerprint density at radius 1 is 1.35 bits per heavy atom. The fraction of sp³-hybridized carbons (Fsp3) is 0.158. The summed E-state index contributed by atoms with van der Waals surface area (Å²) in [6.45, 7) is 1.90. The van der Waals surface area contributed by atoms with Crippen molar-refractivity contribution in [1.82, 2.24) is 0 Å². The van der Waals surface area contributed by atoms with E-state index in [1.165, 1.54) is 13.2 Å². The predicted octanol–water partition coefficient (Wildman–Crippen LogP) is 3.93. The maximum atomic E-state index is 12.5. The summed E-state index contributed by atoms with van der Waals surface area (Å²) in [5.74, 6) is 1.00. The zero-order chi connectivity index (χ0) is 18.7. The number of hydrogen-bond acceptors (Lipinski definition) is 5. The van der Waals surface area contributed by atoms with Crippen molar-refractivity contribution >= 4 is 29.3 Å². The number of anilines is 1. The van der Waals surface area contributed by atoms with Gasteiger partial charge in [0.15, 0.2) is 11.5 Å². The van der Waals surface area contributed by atoms with Gasteiger partial charge in [0.25, 0.3) is 5.91 Å². The second kappa shape index (κ2) is 7.38. The maximum Gasteiger partial charge on any atom is 0.266 e. The van der Waals surface area contributed by atoms with Crippen LogP contribution in [0.15, 0.2) is 35.9 Å². The molecule has 6 nitrogen and oxygen atoms in total. The van der Waals surface area contributed by atoms with Crippen LogP contribution in [0, 0.1) is 18.3 Å². The molecule has 0 atom stereocenters. The lowest BCUT2D eigenvalue weighted by molar-refractivity contribution is -0.112. The number of nitrogens with one attached hydrogen (secondary N) is 1. The van der Waals surface area contributed by atoms with Gasteiger partial charge in [-0.25, -0.2) is 0 Å². The average Bonchev–Trinajstić information content (AvgIpc) is 3.09. The number of methoxy groups -OCH3 is 1. The van der Waals surface area contributed by atoms with E-state index in [4.69, 9.17) is 25.8 Å². The van der Waals surface area contributed by atoms with Crippen molar-refractivity contribution in [2.45, 2.75) is 6.92 Å². The van der Waals surface area contributed by atoms with E-state index in [2.05, 4.69) is 5.32 Å². The van der Waals surface area contributed by atoms with Crippen molar-refractivity contribution in [2.24, 2.45) is 0 Å². The monoisotopic (exact) mass is 370 g/mol. The largest absolute Gasteiger partial charge is 0.496 e. The van der Waals surface area contributed by atoms with Gasteiger partial charge in [0.2, 0.25) is 6.79 Å². The van der Waals surface area contributed by atoms with Gasteiger partial charge >= 0.3 is 0 Å². The molecule has 0 bridgehead atoms. The molecule has 0 aromatic heterocycles. The van der Waals surface area contributed by atoms with Gasteiger partial charge in [0.1, 0.15) is 17.4 Å². The van der Waals surface area contributed by atoms with Crippen LogP contribution in [0.5, 0.6) is 17.2 Å². The second-order valence-electron chi connectivity index (χ2n) is 5.48. The van der Waals surface area contributed by atoms with Crippen LogP contribution in [0.2, 0.25) is 5.02 Å². The van der Waals surface area contributed by atoms with E-state index in [0.29, 0.717) is 33.5 Å². The number of halogens is 1. The first kappa shape index (κ1) is 17.6. The summed E-state index contributed by atoms with van der Waals surface area (Å²) in [6.07, 6.45) is 1.44. The molecule has 0 saturated heterocycles. The SMILES string of the molecule is COc1cc2c(cc1/C=C(\C#N)C(=O)Nc1cccc(Cl)c1C)OCO2. The Labute approximate surface area is 155 Å². The molecule has 0 spiro atoms. The van der Waals surface area contributed by atoms with Crippen LogP contribution >= 0.6 is 11.6 Å². The molecule has 0 aliphatic carbocycles. The van der Waals surface area contributed by atoms with E-state index in [1.54, 1.807) is 37.3 Å². The molecule has 3 rings (SSSR count). The molecule has 7 heteroatoms. The molecule has 132 valence electrons. The molecule has 0 saturated carbocycles. The highest BCUT2D eigenvalue weighted by Gasteiger charge is 2.19. The molecular weight excluding hydrogens is 356 g/mol. The highest BCUT2D eigenvalue weighted by atomic mass is 35.5. The van der Waals surface area contributed by atoms with Crippen LogP contribution in [0.1, 0.15) is 11.1 Å². The third kappa shape index (κ3) is 3.44. The lowest BCUT2D eigenvalue weighted by Crippen LogP contribution is -2.14. The quantitative estimate of drug-likeness (QED) is 0.651. The highest BCUT2D eigenvalue weighted by molar-refractivity contribution is 6.31. The van der Waals surface area contributed by atoms with Crippen molar-refractivity contribution in [1.29, 1.82) is 5.26 Å². The first-order valence-electron chi connectivity index (χ1n) is 7.69. The minimum atomic E-state index is -0.544. The lowest BCUT2D eigenvalue weighted by atomic mass is 10.1. The molecule has 0 fully saturated rings. The molecule has 2 aromatic carbocycles. The summed E-state index contributed by atoms with van der Waals surface area (Å²) in [5.41, 5.74) is 1.72. The first-order chi connectivity index (χ1) is 12.5. The van der Waals surface area contributed by atoms with E-state index in [-0.39, 0.29) is 12.4 Å². The summed E-state index contributed by atoms with van der Waals surface area (Å²) in [7, 11) is 1.50. The number of fused-ring (bicyclic) bond motifs is 1. The Morgan fingerprint density at radius 3 is 2.77 bits per heavy atom. The molecule has 1 N–H and O–H groups in total.